The number of rotatable bonds is 3. The van der Waals surface area contributed by atoms with Crippen molar-refractivity contribution in [3.05, 3.63) is 57.4 Å². The summed E-state index contributed by atoms with van der Waals surface area (Å²) < 4.78 is 6.94. The number of carbonyl (C=O) groups excluding carboxylic acids is 1. The molecule has 0 fully saturated rings. The lowest BCUT2D eigenvalue weighted by Crippen LogP contribution is -2.25. The third-order valence-corrected chi connectivity index (χ3v) is 5.42. The van der Waals surface area contributed by atoms with Gasteiger partial charge in [-0.15, -0.1) is 0 Å². The normalized spacial score (nSPS) is 13.4. The van der Waals surface area contributed by atoms with E-state index < -0.39 is 0 Å². The van der Waals surface area contributed by atoms with Crippen LogP contribution in [0.4, 0.5) is 0 Å². The van der Waals surface area contributed by atoms with Crippen LogP contribution < -0.4 is 10.3 Å². The fourth-order valence-corrected chi connectivity index (χ4v) is 3.81. The van der Waals surface area contributed by atoms with E-state index in [1.54, 1.807) is 18.6 Å². The van der Waals surface area contributed by atoms with Crippen LogP contribution in [0.15, 0.2) is 35.1 Å². The fraction of sp³-hybridized carbons (Fsp3) is 0.250. The molecule has 6 heteroatoms. The van der Waals surface area contributed by atoms with Crippen LogP contribution in [0.5, 0.6) is 5.75 Å². The maximum Gasteiger partial charge on any atom is 0.255 e. The van der Waals surface area contributed by atoms with Crippen LogP contribution in [0.3, 0.4) is 0 Å². The van der Waals surface area contributed by atoms with E-state index in [1.165, 1.54) is 0 Å². The maximum atomic E-state index is 12.8. The predicted octanol–water partition coefficient (Wildman–Crippen LogP) is 3.75. The average Bonchev–Trinajstić information content (AvgIpc) is 2.99. The third kappa shape index (κ3) is 2.46. The number of aromatic nitrogens is 2. The Morgan fingerprint density at radius 3 is 2.81 bits per heavy atom. The van der Waals surface area contributed by atoms with Gasteiger partial charge in [-0.25, -0.2) is 4.98 Å². The van der Waals surface area contributed by atoms with Crippen LogP contribution in [-0.2, 0) is 6.54 Å². The molecule has 0 amide bonds. The molecule has 1 unspecified atom stereocenters. The van der Waals surface area contributed by atoms with Gasteiger partial charge in [0, 0.05) is 22.1 Å². The van der Waals surface area contributed by atoms with Gasteiger partial charge >= 0.3 is 0 Å². The highest BCUT2D eigenvalue weighted by atomic mass is 127. The van der Waals surface area contributed by atoms with E-state index in [4.69, 9.17) is 9.72 Å². The Morgan fingerprint density at radius 1 is 1.35 bits per heavy atom. The Balaban J connectivity index is 1.99. The number of methoxy groups -OCH3 is 1. The maximum absolute atomic E-state index is 12.8. The van der Waals surface area contributed by atoms with Gasteiger partial charge in [-0.3, -0.25) is 9.59 Å². The number of ether oxygens (including phenoxy) is 1. The molecule has 1 aromatic carbocycles. The lowest BCUT2D eigenvalue weighted by molar-refractivity contribution is 0.0997. The van der Waals surface area contributed by atoms with Crippen molar-refractivity contribution in [1.82, 2.24) is 9.55 Å². The first-order chi connectivity index (χ1) is 12.4. The number of nitrogens with zero attached hydrogens (tertiary/aromatic N) is 2. The van der Waals surface area contributed by atoms with E-state index in [0.29, 0.717) is 23.4 Å². The standard InChI is InChI=1S/C20H17IN2O3/c1-10-13(19(24)11(2)21)8-16-18-12(9-23(16)20(10)25)7-14-15(22-18)5-4-6-17(14)26-3/h4-8,11H,9H2,1-3H3. The van der Waals surface area contributed by atoms with Crippen molar-refractivity contribution in [1.29, 1.82) is 0 Å². The Morgan fingerprint density at radius 2 is 2.12 bits per heavy atom. The molecule has 0 radical (unpaired) electrons. The zero-order valence-corrected chi connectivity index (χ0v) is 16.8. The molecule has 132 valence electrons. The number of hydrogen-bond acceptors (Lipinski definition) is 4. The molecule has 1 aliphatic heterocycles. The van der Waals surface area contributed by atoms with E-state index in [2.05, 4.69) is 22.6 Å². The minimum Gasteiger partial charge on any atom is -0.496 e. The summed E-state index contributed by atoms with van der Waals surface area (Å²) in [6.45, 7) is 4.01. The van der Waals surface area contributed by atoms with Crippen molar-refractivity contribution in [2.45, 2.75) is 24.3 Å². The number of pyridine rings is 2. The molecule has 0 saturated carbocycles. The van der Waals surface area contributed by atoms with E-state index in [-0.39, 0.29) is 15.3 Å². The van der Waals surface area contributed by atoms with Crippen molar-refractivity contribution in [3.63, 3.8) is 0 Å². The zero-order chi connectivity index (χ0) is 18.6. The second-order valence-electron chi connectivity index (χ2n) is 6.46. The quantitative estimate of drug-likeness (QED) is 0.266. The van der Waals surface area contributed by atoms with Gasteiger partial charge in [-0.2, -0.15) is 0 Å². The third-order valence-electron chi connectivity index (χ3n) is 4.86. The Labute approximate surface area is 164 Å². The largest absolute Gasteiger partial charge is 0.496 e. The zero-order valence-electron chi connectivity index (χ0n) is 14.7. The lowest BCUT2D eigenvalue weighted by Gasteiger charge is -2.11. The number of ketones is 1. The Hall–Kier alpha value is -2.22. The Kier molecular flexibility index (Phi) is 4.10. The number of hydrogen-bond donors (Lipinski definition) is 0. The van der Waals surface area contributed by atoms with Gasteiger partial charge in [0.15, 0.2) is 5.78 Å². The molecule has 1 atom stereocenters. The number of carbonyl (C=O) groups is 1. The fourth-order valence-electron chi connectivity index (χ4n) is 3.47. The lowest BCUT2D eigenvalue weighted by atomic mass is 10.0. The molecule has 2 aromatic heterocycles. The minimum absolute atomic E-state index is 0.0282. The van der Waals surface area contributed by atoms with E-state index in [1.807, 2.05) is 37.3 Å². The van der Waals surface area contributed by atoms with Gasteiger partial charge in [-0.05, 0) is 38.1 Å². The molecule has 26 heavy (non-hydrogen) atoms. The highest BCUT2D eigenvalue weighted by Gasteiger charge is 2.27. The number of Topliss-reactive ketones (excluding diaryl/α,β-unsaturated/α-hetero) is 1. The molecule has 0 spiro atoms. The molecule has 5 nitrogen and oxygen atoms in total. The number of halogens is 1. The van der Waals surface area contributed by atoms with Crippen molar-refractivity contribution in [2.24, 2.45) is 0 Å². The SMILES string of the molecule is COc1cccc2nc3c(cc12)Cn1c-3cc(C(=O)C(C)I)c(C)c1=O. The first kappa shape index (κ1) is 17.2. The molecular formula is C20H17IN2O3. The van der Waals surface area contributed by atoms with Crippen LogP contribution in [0, 0.1) is 6.92 Å². The number of benzene rings is 1. The number of fused-ring (bicyclic) bond motifs is 4. The molecule has 3 heterocycles. The van der Waals surface area contributed by atoms with E-state index in [0.717, 1.165) is 27.9 Å². The first-order valence-electron chi connectivity index (χ1n) is 8.32. The number of alkyl halides is 1. The van der Waals surface area contributed by atoms with Gasteiger partial charge in [0.2, 0.25) is 0 Å². The summed E-state index contributed by atoms with van der Waals surface area (Å²) in [6, 6.07) is 9.56. The molecule has 0 aliphatic carbocycles. The van der Waals surface area contributed by atoms with Crippen molar-refractivity contribution in [3.8, 4) is 17.1 Å². The second-order valence-corrected chi connectivity index (χ2v) is 8.33. The summed E-state index contributed by atoms with van der Waals surface area (Å²) in [5.74, 6) is 0.728. The van der Waals surface area contributed by atoms with E-state index in [9.17, 15) is 9.59 Å². The molecule has 0 saturated heterocycles. The van der Waals surface area contributed by atoms with Crippen LogP contribution >= 0.6 is 22.6 Å². The van der Waals surface area contributed by atoms with Gasteiger partial charge < -0.3 is 9.30 Å². The second kappa shape index (κ2) is 6.19. The van der Waals surface area contributed by atoms with Crippen molar-refractivity contribution in [2.75, 3.05) is 7.11 Å². The smallest absolute Gasteiger partial charge is 0.255 e. The van der Waals surface area contributed by atoms with Crippen molar-refractivity contribution >= 4 is 39.3 Å². The summed E-state index contributed by atoms with van der Waals surface area (Å²) in [7, 11) is 1.63. The van der Waals surface area contributed by atoms with E-state index >= 15 is 0 Å². The first-order valence-corrected chi connectivity index (χ1v) is 9.56. The molecule has 4 rings (SSSR count). The molecule has 1 aliphatic rings. The van der Waals surface area contributed by atoms with Crippen molar-refractivity contribution < 1.29 is 9.53 Å². The van der Waals surface area contributed by atoms with Gasteiger partial charge in [0.05, 0.1) is 34.5 Å². The minimum atomic E-state index is -0.191. The molecule has 3 aromatic rings. The molecular weight excluding hydrogens is 443 g/mol. The highest BCUT2D eigenvalue weighted by Crippen LogP contribution is 2.35. The monoisotopic (exact) mass is 460 g/mol. The summed E-state index contributed by atoms with van der Waals surface area (Å²) >= 11 is 2.08. The summed E-state index contributed by atoms with van der Waals surface area (Å²) in [5.41, 5.74) is 4.10. The highest BCUT2D eigenvalue weighted by molar-refractivity contribution is 14.1. The molecule has 0 N–H and O–H groups in total. The summed E-state index contributed by atoms with van der Waals surface area (Å²) in [6.07, 6.45) is 0. The Bertz CT molecular complexity index is 1130. The van der Waals surface area contributed by atoms with Crippen LogP contribution in [0.1, 0.15) is 28.4 Å². The summed E-state index contributed by atoms with van der Waals surface area (Å²) in [5, 5.41) is 0.920. The predicted molar refractivity (Wildman–Crippen MR) is 110 cm³/mol. The average molecular weight is 460 g/mol. The van der Waals surface area contributed by atoms with Gasteiger partial charge in [0.1, 0.15) is 5.75 Å². The van der Waals surface area contributed by atoms with Crippen LogP contribution in [-0.4, -0.2) is 26.4 Å². The molecule has 0 bridgehead atoms. The van der Waals surface area contributed by atoms with Gasteiger partial charge in [0.25, 0.3) is 5.56 Å². The van der Waals surface area contributed by atoms with Gasteiger partial charge in [-0.1, -0.05) is 28.7 Å². The van der Waals surface area contributed by atoms with Crippen LogP contribution in [0.25, 0.3) is 22.3 Å². The van der Waals surface area contributed by atoms with Crippen LogP contribution in [0.2, 0.25) is 0 Å². The topological polar surface area (TPSA) is 61.2 Å². The summed E-state index contributed by atoms with van der Waals surface area (Å²) in [4.78, 5) is 30.2.